The van der Waals surface area contributed by atoms with Crippen molar-refractivity contribution in [3.05, 3.63) is 66.4 Å². The highest BCUT2D eigenvalue weighted by molar-refractivity contribution is 5.84. The van der Waals surface area contributed by atoms with Gasteiger partial charge in [0.05, 0.1) is 11.7 Å². The summed E-state index contributed by atoms with van der Waals surface area (Å²) in [4.78, 5) is 24.4. The van der Waals surface area contributed by atoms with Gasteiger partial charge < -0.3 is 10.4 Å². The first kappa shape index (κ1) is 17.7. The lowest BCUT2D eigenvalue weighted by Gasteiger charge is -2.29. The van der Waals surface area contributed by atoms with Gasteiger partial charge in [-0.1, -0.05) is 55.5 Å². The second-order valence-corrected chi connectivity index (χ2v) is 6.24. The van der Waals surface area contributed by atoms with Crippen molar-refractivity contribution in [2.75, 3.05) is 6.54 Å². The molecule has 0 aliphatic carbocycles. The minimum Gasteiger partial charge on any atom is -0.481 e. The fourth-order valence-corrected chi connectivity index (χ4v) is 3.13. The number of amides is 1. The maximum absolute atomic E-state index is 12.4. The predicted molar refractivity (Wildman–Crippen MR) is 98.8 cm³/mol. The molecule has 1 amide bonds. The number of carbonyl (C=O) groups excluding carboxylic acids is 1. The quantitative estimate of drug-likeness (QED) is 0.685. The van der Waals surface area contributed by atoms with Crippen LogP contribution in [0.1, 0.15) is 18.9 Å². The number of nitrogens with one attached hydrogen (secondary N) is 1. The van der Waals surface area contributed by atoms with E-state index in [1.165, 1.54) is 0 Å². The minimum atomic E-state index is -1.15. The summed E-state index contributed by atoms with van der Waals surface area (Å²) < 4.78 is 1.61. The summed E-state index contributed by atoms with van der Waals surface area (Å²) in [6, 6.07) is 16.6. The molecule has 2 aromatic carbocycles. The van der Waals surface area contributed by atoms with E-state index in [1.807, 2.05) is 37.3 Å². The van der Waals surface area contributed by atoms with E-state index in [0.717, 1.165) is 10.9 Å². The van der Waals surface area contributed by atoms with Gasteiger partial charge in [0.15, 0.2) is 0 Å². The summed E-state index contributed by atoms with van der Waals surface area (Å²) in [6.07, 6.45) is 2.08. The van der Waals surface area contributed by atoms with Crippen molar-refractivity contribution in [3.8, 4) is 0 Å². The van der Waals surface area contributed by atoms with Gasteiger partial charge in [0.25, 0.3) is 0 Å². The zero-order valence-corrected chi connectivity index (χ0v) is 14.6. The van der Waals surface area contributed by atoms with Crippen molar-refractivity contribution < 1.29 is 14.7 Å². The zero-order valence-electron chi connectivity index (χ0n) is 14.6. The molecule has 0 saturated carbocycles. The maximum Gasteiger partial charge on any atom is 0.315 e. The number of hydrogen-bond donors (Lipinski definition) is 2. The molecule has 3 rings (SSSR count). The van der Waals surface area contributed by atoms with E-state index < -0.39 is 11.4 Å². The summed E-state index contributed by atoms with van der Waals surface area (Å²) in [6.45, 7) is 1.89. The van der Waals surface area contributed by atoms with Crippen molar-refractivity contribution in [3.63, 3.8) is 0 Å². The Balaban J connectivity index is 1.75. The highest BCUT2D eigenvalue weighted by atomic mass is 16.4. The highest BCUT2D eigenvalue weighted by Gasteiger charge is 2.38. The van der Waals surface area contributed by atoms with Crippen LogP contribution in [-0.4, -0.2) is 33.3 Å². The van der Waals surface area contributed by atoms with Crippen LogP contribution in [0.4, 0.5) is 0 Å². The third-order valence-corrected chi connectivity index (χ3v) is 4.77. The standard InChI is InChI=1S/C20H21N3O3/c1-2-20(19(25)26,16-9-4-3-5-10-16)14-21-18(24)13-23-17-11-7-6-8-15(17)12-22-23/h3-12H,2,13-14H2,1H3,(H,21,24)(H,25,26). The van der Waals surface area contributed by atoms with Gasteiger partial charge in [-0.2, -0.15) is 5.10 Å². The van der Waals surface area contributed by atoms with Gasteiger partial charge in [0, 0.05) is 11.9 Å². The van der Waals surface area contributed by atoms with E-state index >= 15 is 0 Å². The van der Waals surface area contributed by atoms with Crippen LogP contribution < -0.4 is 5.32 Å². The number of carbonyl (C=O) groups is 2. The van der Waals surface area contributed by atoms with Crippen LogP contribution in [0.15, 0.2) is 60.8 Å². The molecule has 134 valence electrons. The summed E-state index contributed by atoms with van der Waals surface area (Å²) >= 11 is 0. The molecule has 0 spiro atoms. The molecule has 1 unspecified atom stereocenters. The van der Waals surface area contributed by atoms with Crippen molar-refractivity contribution in [2.24, 2.45) is 0 Å². The van der Waals surface area contributed by atoms with Crippen LogP contribution >= 0.6 is 0 Å². The van der Waals surface area contributed by atoms with Crippen LogP contribution in [0.25, 0.3) is 10.9 Å². The lowest BCUT2D eigenvalue weighted by Crippen LogP contribution is -2.47. The van der Waals surface area contributed by atoms with Crippen LogP contribution in [0.2, 0.25) is 0 Å². The first-order valence-electron chi connectivity index (χ1n) is 8.53. The number of rotatable bonds is 7. The number of benzene rings is 2. The Morgan fingerprint density at radius 1 is 1.12 bits per heavy atom. The van der Waals surface area contributed by atoms with Crippen LogP contribution in [-0.2, 0) is 21.5 Å². The van der Waals surface area contributed by atoms with Crippen LogP contribution in [0.3, 0.4) is 0 Å². The fraction of sp³-hybridized carbons (Fsp3) is 0.250. The second kappa shape index (κ2) is 7.39. The molecule has 6 heteroatoms. The van der Waals surface area contributed by atoms with Crippen molar-refractivity contribution >= 4 is 22.8 Å². The molecule has 0 fully saturated rings. The highest BCUT2D eigenvalue weighted by Crippen LogP contribution is 2.27. The van der Waals surface area contributed by atoms with Crippen LogP contribution in [0, 0.1) is 0 Å². The lowest BCUT2D eigenvalue weighted by atomic mass is 9.78. The largest absolute Gasteiger partial charge is 0.481 e. The summed E-state index contributed by atoms with van der Waals surface area (Å²) in [7, 11) is 0. The molecule has 26 heavy (non-hydrogen) atoms. The van der Waals surface area contributed by atoms with Gasteiger partial charge in [-0.15, -0.1) is 0 Å². The van der Waals surface area contributed by atoms with E-state index in [9.17, 15) is 14.7 Å². The van der Waals surface area contributed by atoms with Gasteiger partial charge in [-0.25, -0.2) is 0 Å². The first-order chi connectivity index (χ1) is 12.6. The Labute approximate surface area is 151 Å². The Bertz CT molecular complexity index is 920. The topological polar surface area (TPSA) is 84.2 Å². The fourth-order valence-electron chi connectivity index (χ4n) is 3.13. The Morgan fingerprint density at radius 2 is 1.81 bits per heavy atom. The molecular weight excluding hydrogens is 330 g/mol. The van der Waals surface area contributed by atoms with Gasteiger partial charge in [0.1, 0.15) is 12.0 Å². The summed E-state index contributed by atoms with van der Waals surface area (Å²) in [5, 5.41) is 17.8. The SMILES string of the molecule is CCC(CNC(=O)Cn1ncc2ccccc21)(C(=O)O)c1ccccc1. The number of nitrogens with zero attached hydrogens (tertiary/aromatic N) is 2. The van der Waals surface area contributed by atoms with Crippen molar-refractivity contribution in [2.45, 2.75) is 25.3 Å². The molecule has 1 aromatic heterocycles. The summed E-state index contributed by atoms with van der Waals surface area (Å²) in [5.74, 6) is -1.22. The van der Waals surface area contributed by atoms with E-state index in [4.69, 9.17) is 0 Å². The Kier molecular flexibility index (Phi) is 5.02. The van der Waals surface area contributed by atoms with Crippen molar-refractivity contribution in [1.82, 2.24) is 15.1 Å². The monoisotopic (exact) mass is 351 g/mol. The summed E-state index contributed by atoms with van der Waals surface area (Å²) in [5.41, 5.74) is 0.397. The van der Waals surface area contributed by atoms with Gasteiger partial charge in [0.2, 0.25) is 5.91 Å². The third-order valence-electron chi connectivity index (χ3n) is 4.77. The number of carboxylic acid groups (broad SMARTS) is 1. The smallest absolute Gasteiger partial charge is 0.315 e. The molecule has 1 atom stereocenters. The number of para-hydroxylation sites is 1. The average molecular weight is 351 g/mol. The molecular formula is C20H21N3O3. The molecule has 6 nitrogen and oxygen atoms in total. The Hall–Kier alpha value is -3.15. The van der Waals surface area contributed by atoms with Gasteiger partial charge in [-0.05, 0) is 18.1 Å². The van der Waals surface area contributed by atoms with E-state index in [-0.39, 0.29) is 19.0 Å². The molecule has 0 aliphatic rings. The van der Waals surface area contributed by atoms with E-state index in [2.05, 4.69) is 10.4 Å². The number of carboxylic acids is 1. The number of aromatic nitrogens is 2. The molecule has 1 heterocycles. The normalized spacial score (nSPS) is 13.3. The molecule has 0 bridgehead atoms. The second-order valence-electron chi connectivity index (χ2n) is 6.24. The molecule has 0 aliphatic heterocycles. The number of hydrogen-bond acceptors (Lipinski definition) is 3. The number of aliphatic carboxylic acids is 1. The first-order valence-corrected chi connectivity index (χ1v) is 8.53. The Morgan fingerprint density at radius 3 is 2.50 bits per heavy atom. The van der Waals surface area contributed by atoms with Crippen molar-refractivity contribution in [1.29, 1.82) is 0 Å². The van der Waals surface area contributed by atoms with Gasteiger partial charge >= 0.3 is 5.97 Å². The zero-order chi connectivity index (χ0) is 18.6. The maximum atomic E-state index is 12.4. The van der Waals surface area contributed by atoms with E-state index in [0.29, 0.717) is 12.0 Å². The average Bonchev–Trinajstić information content (AvgIpc) is 3.06. The van der Waals surface area contributed by atoms with Crippen LogP contribution in [0.5, 0.6) is 0 Å². The third kappa shape index (κ3) is 3.31. The predicted octanol–water partition coefficient (Wildman–Crippen LogP) is 2.59. The number of fused-ring (bicyclic) bond motifs is 1. The molecule has 0 radical (unpaired) electrons. The van der Waals surface area contributed by atoms with E-state index in [1.54, 1.807) is 35.1 Å². The lowest BCUT2D eigenvalue weighted by molar-refractivity contribution is -0.144. The molecule has 3 aromatic rings. The molecule has 0 saturated heterocycles. The van der Waals surface area contributed by atoms with Gasteiger partial charge in [-0.3, -0.25) is 14.3 Å². The minimum absolute atomic E-state index is 0.0287. The molecule has 2 N–H and O–H groups in total.